The van der Waals surface area contributed by atoms with E-state index in [4.69, 9.17) is 10.5 Å². The van der Waals surface area contributed by atoms with Gasteiger partial charge in [0.1, 0.15) is 6.10 Å². The minimum atomic E-state index is -0.414. The third kappa shape index (κ3) is 3.78. The molecule has 2 rings (SSSR count). The summed E-state index contributed by atoms with van der Waals surface area (Å²) in [6.45, 7) is 0.270. The molecule has 0 saturated carbocycles. The average molecular weight is 389 g/mol. The first-order valence-corrected chi connectivity index (χ1v) is 7.26. The van der Waals surface area contributed by atoms with Gasteiger partial charge in [-0.15, -0.1) is 0 Å². The van der Waals surface area contributed by atoms with E-state index in [2.05, 4.69) is 31.9 Å². The van der Waals surface area contributed by atoms with Crippen LogP contribution in [0.1, 0.15) is 11.7 Å². The van der Waals surface area contributed by atoms with Crippen molar-refractivity contribution >= 4 is 31.9 Å². The zero-order valence-electron chi connectivity index (χ0n) is 9.95. The first kappa shape index (κ1) is 14.5. The fourth-order valence-electron chi connectivity index (χ4n) is 1.68. The largest absolute Gasteiger partial charge is 0.481 e. The zero-order valence-corrected chi connectivity index (χ0v) is 13.1. The van der Waals surface area contributed by atoms with E-state index in [0.29, 0.717) is 4.47 Å². The van der Waals surface area contributed by atoms with Crippen molar-refractivity contribution in [1.29, 1.82) is 0 Å². The van der Waals surface area contributed by atoms with Crippen LogP contribution in [0.4, 0.5) is 4.39 Å². The summed E-state index contributed by atoms with van der Waals surface area (Å²) in [5.74, 6) is -0.221. The van der Waals surface area contributed by atoms with Crippen molar-refractivity contribution < 1.29 is 9.13 Å². The molecular formula is C14H12Br2FNO. The summed E-state index contributed by atoms with van der Waals surface area (Å²) in [6.07, 6.45) is -0.381. The standard InChI is InChI=1S/C14H12Br2FNO/c15-10-3-1-2-9(6-10)14(8-18)19-13-5-4-11(16)7-12(13)17/h1-7,14H,8,18H2. The van der Waals surface area contributed by atoms with Gasteiger partial charge in [0.05, 0.1) is 0 Å². The second-order valence-corrected chi connectivity index (χ2v) is 5.80. The van der Waals surface area contributed by atoms with Gasteiger partial charge in [-0.3, -0.25) is 0 Å². The molecule has 2 aromatic carbocycles. The van der Waals surface area contributed by atoms with Crippen LogP contribution >= 0.6 is 31.9 Å². The minimum absolute atomic E-state index is 0.193. The lowest BCUT2D eigenvalue weighted by atomic mass is 10.1. The van der Waals surface area contributed by atoms with E-state index in [1.54, 1.807) is 12.1 Å². The quantitative estimate of drug-likeness (QED) is 0.840. The van der Waals surface area contributed by atoms with Crippen LogP contribution in [0.25, 0.3) is 0 Å². The molecule has 0 aliphatic carbocycles. The first-order valence-electron chi connectivity index (χ1n) is 5.67. The van der Waals surface area contributed by atoms with Gasteiger partial charge in [0.25, 0.3) is 0 Å². The highest BCUT2D eigenvalue weighted by Crippen LogP contribution is 2.27. The van der Waals surface area contributed by atoms with Crippen molar-refractivity contribution in [2.75, 3.05) is 6.54 Å². The molecule has 5 heteroatoms. The maximum absolute atomic E-state index is 13.7. The molecule has 19 heavy (non-hydrogen) atoms. The van der Waals surface area contributed by atoms with E-state index in [1.165, 1.54) is 6.07 Å². The second kappa shape index (κ2) is 6.50. The Morgan fingerprint density at radius 3 is 2.47 bits per heavy atom. The summed E-state index contributed by atoms with van der Waals surface area (Å²) in [6, 6.07) is 12.3. The SMILES string of the molecule is NCC(Oc1ccc(Br)cc1F)c1cccc(Br)c1. The van der Waals surface area contributed by atoms with Gasteiger partial charge < -0.3 is 10.5 Å². The number of ether oxygens (including phenoxy) is 1. The Morgan fingerprint density at radius 2 is 1.84 bits per heavy atom. The third-order valence-corrected chi connectivity index (χ3v) is 3.58. The molecular weight excluding hydrogens is 377 g/mol. The molecule has 2 N–H and O–H groups in total. The monoisotopic (exact) mass is 387 g/mol. The van der Waals surface area contributed by atoms with Crippen molar-refractivity contribution in [3.05, 3.63) is 62.8 Å². The number of benzene rings is 2. The zero-order chi connectivity index (χ0) is 13.8. The highest BCUT2D eigenvalue weighted by Gasteiger charge is 2.14. The van der Waals surface area contributed by atoms with Crippen molar-refractivity contribution in [2.24, 2.45) is 5.73 Å². The van der Waals surface area contributed by atoms with Gasteiger partial charge in [0, 0.05) is 15.5 Å². The van der Waals surface area contributed by atoms with E-state index in [9.17, 15) is 4.39 Å². The molecule has 0 bridgehead atoms. The second-order valence-electron chi connectivity index (χ2n) is 3.97. The lowest BCUT2D eigenvalue weighted by Crippen LogP contribution is -2.18. The molecule has 1 atom stereocenters. The number of nitrogens with two attached hydrogens (primary N) is 1. The lowest BCUT2D eigenvalue weighted by Gasteiger charge is -2.18. The normalized spacial score (nSPS) is 12.2. The smallest absolute Gasteiger partial charge is 0.166 e. The molecule has 2 nitrogen and oxygen atoms in total. The Morgan fingerprint density at radius 1 is 1.11 bits per heavy atom. The van der Waals surface area contributed by atoms with Gasteiger partial charge in [-0.25, -0.2) is 4.39 Å². The Hall–Kier alpha value is -0.910. The fourth-order valence-corrected chi connectivity index (χ4v) is 2.43. The Kier molecular flexibility index (Phi) is 4.96. The number of hydrogen-bond acceptors (Lipinski definition) is 2. The van der Waals surface area contributed by atoms with Gasteiger partial charge in [0.15, 0.2) is 11.6 Å². The van der Waals surface area contributed by atoms with Crippen LogP contribution in [-0.4, -0.2) is 6.54 Å². The molecule has 0 radical (unpaired) electrons. The first-order chi connectivity index (χ1) is 9.10. The molecule has 0 aliphatic heterocycles. The Balaban J connectivity index is 2.24. The van der Waals surface area contributed by atoms with E-state index >= 15 is 0 Å². The number of rotatable bonds is 4. The van der Waals surface area contributed by atoms with Crippen LogP contribution in [0.15, 0.2) is 51.4 Å². The summed E-state index contributed by atoms with van der Waals surface area (Å²) in [7, 11) is 0. The Bertz CT molecular complexity index is 577. The summed E-state index contributed by atoms with van der Waals surface area (Å²) in [5, 5.41) is 0. The molecule has 100 valence electrons. The van der Waals surface area contributed by atoms with Crippen LogP contribution in [0, 0.1) is 5.82 Å². The van der Waals surface area contributed by atoms with Crippen LogP contribution in [0.5, 0.6) is 5.75 Å². The van der Waals surface area contributed by atoms with E-state index in [1.807, 2.05) is 24.3 Å². The summed E-state index contributed by atoms with van der Waals surface area (Å²) < 4.78 is 21.0. The predicted octanol–water partition coefficient (Wildman–Crippen LogP) is 4.43. The predicted molar refractivity (Wildman–Crippen MR) is 80.7 cm³/mol. The van der Waals surface area contributed by atoms with Crippen LogP contribution in [0.2, 0.25) is 0 Å². The topological polar surface area (TPSA) is 35.2 Å². The third-order valence-electron chi connectivity index (χ3n) is 2.60. The molecule has 0 fully saturated rings. The van der Waals surface area contributed by atoms with Crippen LogP contribution < -0.4 is 10.5 Å². The van der Waals surface area contributed by atoms with Crippen molar-refractivity contribution in [3.8, 4) is 5.75 Å². The minimum Gasteiger partial charge on any atom is -0.481 e. The fraction of sp³-hybridized carbons (Fsp3) is 0.143. The molecule has 2 aromatic rings. The van der Waals surface area contributed by atoms with E-state index in [0.717, 1.165) is 10.0 Å². The average Bonchev–Trinajstić information content (AvgIpc) is 2.38. The van der Waals surface area contributed by atoms with Gasteiger partial charge in [-0.1, -0.05) is 44.0 Å². The molecule has 1 unspecified atom stereocenters. The van der Waals surface area contributed by atoms with Gasteiger partial charge in [0.2, 0.25) is 0 Å². The van der Waals surface area contributed by atoms with Crippen molar-refractivity contribution in [3.63, 3.8) is 0 Å². The van der Waals surface area contributed by atoms with Gasteiger partial charge >= 0.3 is 0 Å². The summed E-state index contributed by atoms with van der Waals surface area (Å²) in [5.41, 5.74) is 6.61. The molecule has 0 saturated heterocycles. The van der Waals surface area contributed by atoms with Crippen molar-refractivity contribution in [1.82, 2.24) is 0 Å². The van der Waals surface area contributed by atoms with Crippen LogP contribution in [-0.2, 0) is 0 Å². The molecule has 0 aromatic heterocycles. The highest BCUT2D eigenvalue weighted by molar-refractivity contribution is 9.10. The van der Waals surface area contributed by atoms with Gasteiger partial charge in [-0.2, -0.15) is 0 Å². The Labute approximate surface area is 128 Å². The van der Waals surface area contributed by atoms with Crippen LogP contribution in [0.3, 0.4) is 0 Å². The number of halogens is 3. The maximum atomic E-state index is 13.7. The molecule has 0 heterocycles. The summed E-state index contributed by atoms with van der Waals surface area (Å²) >= 11 is 6.60. The van der Waals surface area contributed by atoms with E-state index < -0.39 is 5.82 Å². The maximum Gasteiger partial charge on any atom is 0.166 e. The highest BCUT2D eigenvalue weighted by atomic mass is 79.9. The van der Waals surface area contributed by atoms with E-state index in [-0.39, 0.29) is 18.4 Å². The molecule has 0 amide bonds. The van der Waals surface area contributed by atoms with Gasteiger partial charge in [-0.05, 0) is 35.9 Å². The van der Waals surface area contributed by atoms with Crippen molar-refractivity contribution in [2.45, 2.75) is 6.10 Å². The number of hydrogen-bond donors (Lipinski definition) is 1. The lowest BCUT2D eigenvalue weighted by molar-refractivity contribution is 0.204. The summed E-state index contributed by atoms with van der Waals surface area (Å²) in [4.78, 5) is 0. The molecule has 0 spiro atoms. The molecule has 0 aliphatic rings.